The largest absolute Gasteiger partial charge is 0.456 e. The van der Waals surface area contributed by atoms with Crippen molar-refractivity contribution in [1.29, 1.82) is 0 Å². The molecule has 0 radical (unpaired) electrons. The Morgan fingerprint density at radius 2 is 1.00 bits per heavy atom. The minimum absolute atomic E-state index is 0.902. The molecule has 0 unspecified atom stereocenters. The molecule has 0 saturated heterocycles. The van der Waals surface area contributed by atoms with E-state index in [-0.39, 0.29) is 0 Å². The average Bonchev–Trinajstić information content (AvgIpc) is 3.79. The van der Waals surface area contributed by atoms with Gasteiger partial charge in [-0.15, -0.1) is 0 Å². The molecule has 0 aliphatic rings. The number of aromatic nitrogens is 1. The fraction of sp³-hybridized carbons (Fsp3) is 0. The molecule has 11 rings (SSSR count). The van der Waals surface area contributed by atoms with E-state index in [0.717, 1.165) is 55.6 Å². The molecule has 0 fully saturated rings. The van der Waals surface area contributed by atoms with Gasteiger partial charge >= 0.3 is 0 Å². The van der Waals surface area contributed by atoms with Crippen molar-refractivity contribution in [2.24, 2.45) is 0 Å². The zero-order valence-electron chi connectivity index (χ0n) is 29.9. The third-order valence-electron chi connectivity index (χ3n) is 10.9. The summed E-state index contributed by atoms with van der Waals surface area (Å²) < 4.78 is 8.80. The van der Waals surface area contributed by atoms with Crippen LogP contribution >= 0.6 is 0 Å². The smallest absolute Gasteiger partial charge is 0.136 e. The number of anilines is 3. The summed E-state index contributed by atoms with van der Waals surface area (Å²) in [5, 5.41) is 7.09. The second kappa shape index (κ2) is 12.6. The van der Waals surface area contributed by atoms with Crippen LogP contribution < -0.4 is 4.90 Å². The highest BCUT2D eigenvalue weighted by Gasteiger charge is 2.20. The second-order valence-electron chi connectivity index (χ2n) is 14.1. The highest BCUT2D eigenvalue weighted by molar-refractivity contribution is 6.20. The van der Waals surface area contributed by atoms with E-state index in [1.165, 1.54) is 43.9 Å². The zero-order valence-corrected chi connectivity index (χ0v) is 29.9. The maximum absolute atomic E-state index is 6.43. The van der Waals surface area contributed by atoms with E-state index < -0.39 is 0 Å². The van der Waals surface area contributed by atoms with E-state index in [2.05, 4.69) is 210 Å². The van der Waals surface area contributed by atoms with Gasteiger partial charge in [0.2, 0.25) is 0 Å². The molecule has 0 aliphatic heterocycles. The topological polar surface area (TPSA) is 21.3 Å². The van der Waals surface area contributed by atoms with Gasteiger partial charge in [-0.2, -0.15) is 0 Å². The predicted molar refractivity (Wildman–Crippen MR) is 231 cm³/mol. The Balaban J connectivity index is 1.12. The van der Waals surface area contributed by atoms with Crippen LogP contribution in [0.2, 0.25) is 0 Å². The summed E-state index contributed by atoms with van der Waals surface area (Å²) in [7, 11) is 0. The number of hydrogen-bond donors (Lipinski definition) is 0. The molecule has 0 atom stereocenters. The van der Waals surface area contributed by atoms with Crippen molar-refractivity contribution >= 4 is 71.6 Å². The molecule has 0 amide bonds. The van der Waals surface area contributed by atoms with Crippen molar-refractivity contribution in [3.05, 3.63) is 206 Å². The molecule has 2 heterocycles. The van der Waals surface area contributed by atoms with Crippen LogP contribution in [0.4, 0.5) is 17.1 Å². The quantitative estimate of drug-likeness (QED) is 0.172. The Morgan fingerprint density at radius 1 is 0.364 bits per heavy atom. The molecule has 55 heavy (non-hydrogen) atoms. The van der Waals surface area contributed by atoms with Crippen molar-refractivity contribution in [3.63, 3.8) is 0 Å². The average molecular weight is 703 g/mol. The molecule has 2 aromatic heterocycles. The Labute approximate surface area is 318 Å². The van der Waals surface area contributed by atoms with Gasteiger partial charge in [0.25, 0.3) is 0 Å². The fourth-order valence-corrected chi connectivity index (χ4v) is 8.48. The van der Waals surface area contributed by atoms with Gasteiger partial charge in [0.15, 0.2) is 0 Å². The first-order valence-electron chi connectivity index (χ1n) is 18.8. The van der Waals surface area contributed by atoms with Crippen LogP contribution in [0.3, 0.4) is 0 Å². The number of fused-ring (bicyclic) bond motifs is 7. The summed E-state index contributed by atoms with van der Waals surface area (Å²) in [6, 6.07) is 73.9. The summed E-state index contributed by atoms with van der Waals surface area (Å²) in [5.74, 6) is 0. The Hall–Kier alpha value is -7.36. The van der Waals surface area contributed by atoms with Gasteiger partial charge in [-0.25, -0.2) is 0 Å². The van der Waals surface area contributed by atoms with Crippen LogP contribution in [-0.2, 0) is 0 Å². The molecule has 3 nitrogen and oxygen atoms in total. The van der Waals surface area contributed by atoms with Crippen LogP contribution in [0.15, 0.2) is 211 Å². The van der Waals surface area contributed by atoms with Crippen molar-refractivity contribution in [3.8, 4) is 27.9 Å². The fourth-order valence-electron chi connectivity index (χ4n) is 8.48. The van der Waals surface area contributed by atoms with Crippen LogP contribution in [0, 0.1) is 0 Å². The van der Waals surface area contributed by atoms with Crippen LogP contribution in [0.1, 0.15) is 0 Å². The molecule has 0 aliphatic carbocycles. The molecular weight excluding hydrogens is 669 g/mol. The lowest BCUT2D eigenvalue weighted by molar-refractivity contribution is 0.669. The van der Waals surface area contributed by atoms with Gasteiger partial charge in [-0.3, -0.25) is 0 Å². The van der Waals surface area contributed by atoms with Crippen molar-refractivity contribution in [1.82, 2.24) is 4.57 Å². The molecule has 11 aromatic rings. The van der Waals surface area contributed by atoms with Gasteiger partial charge in [0.05, 0.1) is 11.0 Å². The summed E-state index contributed by atoms with van der Waals surface area (Å²) in [4.78, 5) is 2.39. The second-order valence-corrected chi connectivity index (χ2v) is 14.1. The van der Waals surface area contributed by atoms with Crippen molar-refractivity contribution in [2.45, 2.75) is 0 Å². The normalized spacial score (nSPS) is 11.6. The molecule has 258 valence electrons. The van der Waals surface area contributed by atoms with E-state index >= 15 is 0 Å². The van der Waals surface area contributed by atoms with Crippen LogP contribution in [0.5, 0.6) is 0 Å². The Bertz CT molecular complexity index is 3190. The first-order valence-corrected chi connectivity index (χ1v) is 18.8. The van der Waals surface area contributed by atoms with Crippen molar-refractivity contribution < 1.29 is 4.42 Å². The number of nitrogens with zero attached hydrogens (tertiary/aromatic N) is 2. The minimum Gasteiger partial charge on any atom is -0.456 e. The first kappa shape index (κ1) is 31.2. The summed E-state index contributed by atoms with van der Waals surface area (Å²) in [6.07, 6.45) is 0. The SMILES string of the molecule is c1ccc(-c2cccc(N(c3ccc(-c4c5ccccc5cc5oc6ccccc6c45)cc3)c3ccc4c(c3)c3ccccc3n4-c3ccccc3)c2)cc1. The van der Waals surface area contributed by atoms with E-state index in [1.54, 1.807) is 0 Å². The number of para-hydroxylation sites is 3. The van der Waals surface area contributed by atoms with Gasteiger partial charge in [0, 0.05) is 49.9 Å². The number of furan rings is 1. The van der Waals surface area contributed by atoms with Crippen LogP contribution in [0.25, 0.3) is 82.5 Å². The van der Waals surface area contributed by atoms with E-state index in [1.807, 2.05) is 6.07 Å². The number of hydrogen-bond acceptors (Lipinski definition) is 2. The maximum atomic E-state index is 6.43. The zero-order chi connectivity index (χ0) is 36.3. The number of rotatable bonds is 6. The van der Waals surface area contributed by atoms with E-state index in [0.29, 0.717) is 0 Å². The Morgan fingerprint density at radius 3 is 1.84 bits per heavy atom. The molecule has 0 N–H and O–H groups in total. The van der Waals surface area contributed by atoms with Crippen molar-refractivity contribution in [2.75, 3.05) is 4.90 Å². The van der Waals surface area contributed by atoms with Gasteiger partial charge in [-0.05, 0) is 100 Å². The third-order valence-corrected chi connectivity index (χ3v) is 10.9. The summed E-state index contributed by atoms with van der Waals surface area (Å²) >= 11 is 0. The molecule has 9 aromatic carbocycles. The number of benzene rings is 9. The minimum atomic E-state index is 0.902. The monoisotopic (exact) mass is 702 g/mol. The van der Waals surface area contributed by atoms with E-state index in [9.17, 15) is 0 Å². The van der Waals surface area contributed by atoms with Crippen LogP contribution in [-0.4, -0.2) is 4.57 Å². The highest BCUT2D eigenvalue weighted by atomic mass is 16.3. The third kappa shape index (κ3) is 5.13. The standard InChI is InChI=1S/C52H34N2O/c1-3-14-35(15-4-1)37-17-13-20-41(32-37)53(42-30-31-48-46(34-42)44-22-9-11-24-47(44)54(48)39-18-5-2-6-19-39)40-28-26-36(27-29-40)51-43-21-8-7-16-38(43)33-50-52(51)45-23-10-12-25-49(45)55-50/h1-34H. The predicted octanol–water partition coefficient (Wildman–Crippen LogP) is 14.6. The molecule has 0 saturated carbocycles. The van der Waals surface area contributed by atoms with E-state index in [4.69, 9.17) is 4.42 Å². The lowest BCUT2D eigenvalue weighted by atomic mass is 9.93. The molecule has 0 bridgehead atoms. The summed E-state index contributed by atoms with van der Waals surface area (Å²) in [5.41, 5.74) is 13.3. The van der Waals surface area contributed by atoms with Gasteiger partial charge < -0.3 is 13.9 Å². The molecule has 0 spiro atoms. The molecular formula is C52H34N2O. The lowest BCUT2D eigenvalue weighted by Crippen LogP contribution is -2.10. The van der Waals surface area contributed by atoms with Gasteiger partial charge in [-0.1, -0.05) is 133 Å². The highest BCUT2D eigenvalue weighted by Crippen LogP contribution is 2.44. The molecule has 3 heteroatoms. The lowest BCUT2D eigenvalue weighted by Gasteiger charge is -2.26. The van der Waals surface area contributed by atoms with Gasteiger partial charge in [0.1, 0.15) is 11.2 Å². The first-order chi connectivity index (χ1) is 27.3. The Kier molecular flexibility index (Phi) is 7.17. The maximum Gasteiger partial charge on any atom is 0.136 e. The summed E-state index contributed by atoms with van der Waals surface area (Å²) in [6.45, 7) is 0.